The quantitative estimate of drug-likeness (QED) is 0.857. The summed E-state index contributed by atoms with van der Waals surface area (Å²) in [5.74, 6) is -0.805. The molecule has 1 aliphatic heterocycles. The molecule has 1 atom stereocenters. The van der Waals surface area contributed by atoms with E-state index >= 15 is 0 Å². The number of aliphatic hydroxyl groups is 1. The van der Waals surface area contributed by atoms with Gasteiger partial charge in [0.2, 0.25) is 0 Å². The van der Waals surface area contributed by atoms with E-state index < -0.39 is 23.1 Å². The maximum Gasteiger partial charge on any atom is 0.290 e. The van der Waals surface area contributed by atoms with Crippen LogP contribution in [-0.4, -0.2) is 33.8 Å². The normalized spacial score (nSPS) is 17.2. The smallest absolute Gasteiger partial charge is 0.290 e. The average molecular weight is 380 g/mol. The third-order valence-electron chi connectivity index (χ3n) is 4.74. The highest BCUT2D eigenvalue weighted by molar-refractivity contribution is 6.10. The van der Waals surface area contributed by atoms with E-state index in [1.165, 1.54) is 12.0 Å². The lowest BCUT2D eigenvalue weighted by molar-refractivity contribution is -0.130. The number of methoxy groups -OCH3 is 1. The fourth-order valence-corrected chi connectivity index (χ4v) is 3.36. The Labute approximate surface area is 164 Å². The van der Waals surface area contributed by atoms with E-state index in [2.05, 4.69) is 4.98 Å². The second-order valence-electron chi connectivity index (χ2n) is 7.78. The van der Waals surface area contributed by atoms with E-state index in [9.17, 15) is 14.7 Å². The predicted octanol–water partition coefficient (Wildman–Crippen LogP) is 3.60. The maximum absolute atomic E-state index is 13.2. The number of pyridine rings is 1. The zero-order valence-electron chi connectivity index (χ0n) is 16.5. The number of amides is 1. The molecule has 1 amide bonds. The predicted molar refractivity (Wildman–Crippen MR) is 105 cm³/mol. The first-order chi connectivity index (χ1) is 13.3. The highest BCUT2D eigenvalue weighted by Crippen LogP contribution is 2.44. The number of benzene rings is 1. The number of nitrogens with zero attached hydrogens (tertiary/aromatic N) is 2. The van der Waals surface area contributed by atoms with Gasteiger partial charge in [0.05, 0.1) is 18.7 Å². The molecule has 1 N–H and O–H groups in total. The van der Waals surface area contributed by atoms with E-state index in [0.29, 0.717) is 11.3 Å². The monoisotopic (exact) mass is 380 g/mol. The summed E-state index contributed by atoms with van der Waals surface area (Å²) >= 11 is 0. The van der Waals surface area contributed by atoms with Gasteiger partial charge in [0.1, 0.15) is 5.75 Å². The first kappa shape index (κ1) is 19.6. The zero-order chi connectivity index (χ0) is 20.5. The molecular weight excluding hydrogens is 356 g/mol. The maximum atomic E-state index is 13.2. The van der Waals surface area contributed by atoms with E-state index in [-0.39, 0.29) is 17.9 Å². The van der Waals surface area contributed by atoms with Crippen LogP contribution in [0.1, 0.15) is 37.9 Å². The van der Waals surface area contributed by atoms with Crippen LogP contribution in [-0.2, 0) is 16.1 Å². The van der Waals surface area contributed by atoms with Gasteiger partial charge in [-0.3, -0.25) is 14.6 Å². The zero-order valence-corrected chi connectivity index (χ0v) is 16.5. The highest BCUT2D eigenvalue weighted by atomic mass is 16.5. The van der Waals surface area contributed by atoms with Gasteiger partial charge in [0, 0.05) is 29.9 Å². The van der Waals surface area contributed by atoms with Crippen molar-refractivity contribution in [2.75, 3.05) is 7.11 Å². The fraction of sp³-hybridized carbons (Fsp3) is 0.318. The van der Waals surface area contributed by atoms with Gasteiger partial charge in [-0.2, -0.15) is 0 Å². The van der Waals surface area contributed by atoms with Gasteiger partial charge < -0.3 is 14.7 Å². The number of rotatable bonds is 5. The van der Waals surface area contributed by atoms with E-state index in [4.69, 9.17) is 4.74 Å². The van der Waals surface area contributed by atoms with Gasteiger partial charge in [-0.05, 0) is 17.7 Å². The molecule has 0 saturated carbocycles. The van der Waals surface area contributed by atoms with Crippen molar-refractivity contribution in [3.05, 3.63) is 71.3 Å². The molecule has 1 unspecified atom stereocenters. The molecule has 0 radical (unpaired) electrons. The van der Waals surface area contributed by atoms with E-state index in [1.54, 1.807) is 45.3 Å². The summed E-state index contributed by atoms with van der Waals surface area (Å²) < 4.78 is 5.47. The molecule has 6 nitrogen and oxygen atoms in total. The molecule has 28 heavy (non-hydrogen) atoms. The van der Waals surface area contributed by atoms with Crippen LogP contribution in [0.4, 0.5) is 0 Å². The van der Waals surface area contributed by atoms with Crippen molar-refractivity contribution in [1.82, 2.24) is 9.88 Å². The van der Waals surface area contributed by atoms with E-state index in [1.807, 2.05) is 24.3 Å². The third-order valence-corrected chi connectivity index (χ3v) is 4.74. The molecular formula is C22H24N2O4. The van der Waals surface area contributed by atoms with Crippen molar-refractivity contribution in [2.45, 2.75) is 33.4 Å². The summed E-state index contributed by atoms with van der Waals surface area (Å²) in [6, 6.07) is 10.1. The van der Waals surface area contributed by atoms with Gasteiger partial charge in [0.25, 0.3) is 5.91 Å². The van der Waals surface area contributed by atoms with Crippen molar-refractivity contribution in [1.29, 1.82) is 0 Å². The standard InChI is InChI=1S/C22H24N2O4/c1-22(2,3)20(26)17-18(15-9-5-6-10-16(15)28-4)24(21(27)19(17)25)13-14-8-7-11-23-12-14/h5-12,18,25H,13H2,1-4H3. The lowest BCUT2D eigenvalue weighted by atomic mass is 9.82. The van der Waals surface area contributed by atoms with Crippen LogP contribution < -0.4 is 4.74 Å². The van der Waals surface area contributed by atoms with E-state index in [0.717, 1.165) is 5.56 Å². The number of ether oxygens (including phenoxy) is 1. The second-order valence-corrected chi connectivity index (χ2v) is 7.78. The fourth-order valence-electron chi connectivity index (χ4n) is 3.36. The summed E-state index contributed by atoms with van der Waals surface area (Å²) in [6.07, 6.45) is 3.31. The van der Waals surface area contributed by atoms with Crippen LogP contribution >= 0.6 is 0 Å². The molecule has 6 heteroatoms. The van der Waals surface area contributed by atoms with Crippen molar-refractivity contribution in [2.24, 2.45) is 5.41 Å². The Morgan fingerprint density at radius 2 is 1.93 bits per heavy atom. The molecule has 146 valence electrons. The third kappa shape index (κ3) is 3.50. The number of ketones is 1. The number of carbonyl (C=O) groups is 2. The largest absolute Gasteiger partial charge is 0.503 e. The number of carbonyl (C=O) groups excluding carboxylic acids is 2. The number of hydrogen-bond acceptors (Lipinski definition) is 5. The summed E-state index contributed by atoms with van der Waals surface area (Å²) in [7, 11) is 1.54. The lowest BCUT2D eigenvalue weighted by Gasteiger charge is -2.29. The Balaban J connectivity index is 2.15. The summed E-state index contributed by atoms with van der Waals surface area (Å²) in [5, 5.41) is 10.6. The van der Waals surface area contributed by atoms with Crippen LogP contribution in [0.5, 0.6) is 5.75 Å². The van der Waals surface area contributed by atoms with Crippen LogP contribution in [0, 0.1) is 5.41 Å². The number of aromatic nitrogens is 1. The van der Waals surface area contributed by atoms with Gasteiger partial charge in [-0.15, -0.1) is 0 Å². The first-order valence-corrected chi connectivity index (χ1v) is 9.06. The Kier molecular flexibility index (Phi) is 5.23. The second kappa shape index (κ2) is 7.46. The van der Waals surface area contributed by atoms with Crippen LogP contribution in [0.2, 0.25) is 0 Å². The molecule has 0 saturated heterocycles. The van der Waals surface area contributed by atoms with Gasteiger partial charge in [-0.1, -0.05) is 45.0 Å². The lowest BCUT2D eigenvalue weighted by Crippen LogP contribution is -2.32. The van der Waals surface area contributed by atoms with Crippen molar-refractivity contribution < 1.29 is 19.4 Å². The molecule has 1 aromatic carbocycles. The van der Waals surface area contributed by atoms with Crippen molar-refractivity contribution >= 4 is 11.7 Å². The minimum absolute atomic E-state index is 0.103. The molecule has 1 aromatic heterocycles. The summed E-state index contributed by atoms with van der Waals surface area (Å²) in [4.78, 5) is 31.7. The molecule has 0 fully saturated rings. The SMILES string of the molecule is COc1ccccc1C1C(C(=O)C(C)(C)C)=C(O)C(=O)N1Cc1cccnc1. The summed E-state index contributed by atoms with van der Waals surface area (Å²) in [6.45, 7) is 5.51. The molecule has 2 heterocycles. The average Bonchev–Trinajstić information content (AvgIpc) is 2.92. The molecule has 0 aliphatic carbocycles. The molecule has 3 rings (SSSR count). The summed E-state index contributed by atoms with van der Waals surface area (Å²) in [5.41, 5.74) is 0.798. The van der Waals surface area contributed by atoms with Crippen LogP contribution in [0.25, 0.3) is 0 Å². The van der Waals surface area contributed by atoms with Crippen molar-refractivity contribution in [3.8, 4) is 5.75 Å². The highest BCUT2D eigenvalue weighted by Gasteiger charge is 2.46. The molecule has 1 aliphatic rings. The van der Waals surface area contributed by atoms with Crippen LogP contribution in [0.15, 0.2) is 60.1 Å². The van der Waals surface area contributed by atoms with Gasteiger partial charge in [0.15, 0.2) is 11.5 Å². The number of para-hydroxylation sites is 1. The molecule has 0 spiro atoms. The Hall–Kier alpha value is -3.15. The molecule has 2 aromatic rings. The number of aliphatic hydroxyl groups excluding tert-OH is 1. The Morgan fingerprint density at radius 1 is 1.21 bits per heavy atom. The Bertz CT molecular complexity index is 929. The van der Waals surface area contributed by atoms with Crippen LogP contribution in [0.3, 0.4) is 0 Å². The minimum atomic E-state index is -0.756. The number of Topliss-reactive ketones (excluding diaryl/α,β-unsaturated/α-hetero) is 1. The van der Waals surface area contributed by atoms with Gasteiger partial charge in [-0.25, -0.2) is 0 Å². The molecule has 0 bridgehead atoms. The number of hydrogen-bond donors (Lipinski definition) is 1. The minimum Gasteiger partial charge on any atom is -0.503 e. The van der Waals surface area contributed by atoms with Crippen molar-refractivity contribution in [3.63, 3.8) is 0 Å². The Morgan fingerprint density at radius 3 is 2.54 bits per heavy atom. The first-order valence-electron chi connectivity index (χ1n) is 9.06. The van der Waals surface area contributed by atoms with Gasteiger partial charge >= 0.3 is 0 Å². The topological polar surface area (TPSA) is 79.7 Å².